The van der Waals surface area contributed by atoms with Crippen LogP contribution in [0.15, 0.2) is 52.7 Å². The summed E-state index contributed by atoms with van der Waals surface area (Å²) in [4.78, 5) is 29.2. The number of sulfonamides is 1. The normalized spacial score (nSPS) is 18.6. The molecule has 194 valence electrons. The minimum Gasteiger partial charge on any atom is -0.467 e. The Morgan fingerprint density at radius 3 is 2.54 bits per heavy atom. The summed E-state index contributed by atoms with van der Waals surface area (Å²) in [7, 11) is -2.82. The molecule has 9 nitrogen and oxygen atoms in total. The van der Waals surface area contributed by atoms with Crippen molar-refractivity contribution >= 4 is 60.8 Å². The molecule has 1 atom stereocenters. The predicted molar refractivity (Wildman–Crippen MR) is 141 cm³/mol. The number of carbonyl (C=O) groups is 2. The third-order valence-electron chi connectivity index (χ3n) is 6.66. The molecule has 0 bridgehead atoms. The molecule has 2 saturated heterocycles. The number of fused-ring (bicyclic) bond motifs is 1. The van der Waals surface area contributed by atoms with Gasteiger partial charge in [0, 0.05) is 41.5 Å². The van der Waals surface area contributed by atoms with Crippen LogP contribution < -0.4 is 0 Å². The summed E-state index contributed by atoms with van der Waals surface area (Å²) < 4.78 is 33.7. The molecule has 0 radical (unpaired) electrons. The van der Waals surface area contributed by atoms with Gasteiger partial charge in [0.2, 0.25) is 5.91 Å². The highest BCUT2D eigenvalue weighted by Gasteiger charge is 2.42. The zero-order chi connectivity index (χ0) is 26.3. The van der Waals surface area contributed by atoms with Crippen LogP contribution in [0.2, 0.25) is 5.02 Å². The minimum atomic E-state index is -4.04. The van der Waals surface area contributed by atoms with Crippen molar-refractivity contribution < 1.29 is 22.7 Å². The van der Waals surface area contributed by atoms with Crippen LogP contribution in [0.25, 0.3) is 10.1 Å². The number of halogens is 1. The molecule has 2 aliphatic rings. The topological polar surface area (TPSA) is 111 Å². The van der Waals surface area contributed by atoms with Crippen LogP contribution in [0.1, 0.15) is 17.5 Å². The molecule has 5 rings (SSSR count). The molecule has 1 aromatic heterocycles. The van der Waals surface area contributed by atoms with E-state index in [-0.39, 0.29) is 23.8 Å². The third kappa shape index (κ3) is 4.96. The molecule has 2 aliphatic heterocycles. The zero-order valence-electron chi connectivity index (χ0n) is 20.0. The highest BCUT2D eigenvalue weighted by molar-refractivity contribution is 7.91. The summed E-state index contributed by atoms with van der Waals surface area (Å²) in [6, 6.07) is 12.8. The van der Waals surface area contributed by atoms with Gasteiger partial charge in [0.25, 0.3) is 10.0 Å². The van der Waals surface area contributed by atoms with Gasteiger partial charge in [-0.3, -0.25) is 10.2 Å². The molecular formula is C25H25ClN4O5S2. The maximum absolute atomic E-state index is 13.5. The second kappa shape index (κ2) is 10.1. The van der Waals surface area contributed by atoms with E-state index < -0.39 is 27.9 Å². The molecule has 2 fully saturated rings. The molecule has 3 heterocycles. The quantitative estimate of drug-likeness (QED) is 0.282. The first-order valence-corrected chi connectivity index (χ1v) is 14.3. The second-order valence-electron chi connectivity index (χ2n) is 8.99. The van der Waals surface area contributed by atoms with E-state index >= 15 is 0 Å². The first-order chi connectivity index (χ1) is 17.7. The van der Waals surface area contributed by atoms with Gasteiger partial charge in [0.05, 0.1) is 13.7 Å². The second-order valence-corrected chi connectivity index (χ2v) is 12.7. The average molecular weight is 561 g/mol. The summed E-state index contributed by atoms with van der Waals surface area (Å²) in [5.74, 6) is -0.719. The SMILES string of the molecule is COC(=O)[C@H]1CN(S(=O)(=O)c2cc3ccc(Cl)cc3s2)CC(=O)N1Cc1ccc(C(=N)N2CCC2)cc1. The number of piperazine rings is 1. The number of likely N-dealkylation sites (tertiary alicyclic amines) is 1. The Morgan fingerprint density at radius 2 is 1.89 bits per heavy atom. The van der Waals surface area contributed by atoms with E-state index in [9.17, 15) is 18.0 Å². The van der Waals surface area contributed by atoms with Crippen molar-refractivity contribution in [3.05, 3.63) is 64.7 Å². The highest BCUT2D eigenvalue weighted by atomic mass is 35.5. The number of esters is 1. The Kier molecular flexibility index (Phi) is 6.97. The lowest BCUT2D eigenvalue weighted by molar-refractivity contribution is -0.157. The van der Waals surface area contributed by atoms with Crippen molar-refractivity contribution in [2.45, 2.75) is 23.2 Å². The van der Waals surface area contributed by atoms with Crippen molar-refractivity contribution in [3.8, 4) is 0 Å². The number of hydrogen-bond acceptors (Lipinski definition) is 7. The molecule has 0 saturated carbocycles. The number of ether oxygens (including phenoxy) is 1. The Hall–Kier alpha value is -2.99. The van der Waals surface area contributed by atoms with E-state index in [0.29, 0.717) is 15.6 Å². The third-order valence-corrected chi connectivity index (χ3v) is 10.3. The fourth-order valence-corrected chi connectivity index (χ4v) is 7.64. The fraction of sp³-hybridized carbons (Fsp3) is 0.320. The predicted octanol–water partition coefficient (Wildman–Crippen LogP) is 3.16. The summed E-state index contributed by atoms with van der Waals surface area (Å²) >= 11 is 7.11. The number of thiophene rings is 1. The van der Waals surface area contributed by atoms with E-state index in [2.05, 4.69) is 0 Å². The molecule has 0 aliphatic carbocycles. The fourth-order valence-electron chi connectivity index (χ4n) is 4.41. The lowest BCUT2D eigenvalue weighted by Gasteiger charge is -2.38. The van der Waals surface area contributed by atoms with Crippen molar-refractivity contribution in [2.75, 3.05) is 33.3 Å². The first-order valence-electron chi connectivity index (χ1n) is 11.7. The Bertz CT molecular complexity index is 1480. The Labute approximate surface area is 223 Å². The van der Waals surface area contributed by atoms with Gasteiger partial charge < -0.3 is 14.5 Å². The molecular weight excluding hydrogens is 536 g/mol. The first kappa shape index (κ1) is 25.7. The van der Waals surface area contributed by atoms with Gasteiger partial charge in [-0.1, -0.05) is 41.9 Å². The number of nitrogens with zero attached hydrogens (tertiary/aromatic N) is 3. The largest absolute Gasteiger partial charge is 0.467 e. The number of methoxy groups -OCH3 is 1. The highest BCUT2D eigenvalue weighted by Crippen LogP contribution is 2.33. The van der Waals surface area contributed by atoms with E-state index in [1.807, 2.05) is 29.2 Å². The number of amidine groups is 1. The van der Waals surface area contributed by atoms with Crippen LogP contribution in [0.4, 0.5) is 0 Å². The summed E-state index contributed by atoms with van der Waals surface area (Å²) in [6.45, 7) is 1.26. The van der Waals surface area contributed by atoms with Crippen LogP contribution in [0, 0.1) is 5.41 Å². The Balaban J connectivity index is 1.36. The van der Waals surface area contributed by atoms with Crippen LogP contribution in [-0.4, -0.2) is 79.6 Å². The Morgan fingerprint density at radius 1 is 1.16 bits per heavy atom. The maximum Gasteiger partial charge on any atom is 0.329 e. The van der Waals surface area contributed by atoms with Gasteiger partial charge in [-0.25, -0.2) is 13.2 Å². The van der Waals surface area contributed by atoms with Crippen LogP contribution in [0.3, 0.4) is 0 Å². The van der Waals surface area contributed by atoms with Gasteiger partial charge in [0.15, 0.2) is 0 Å². The van der Waals surface area contributed by atoms with Gasteiger partial charge in [-0.05, 0) is 35.6 Å². The molecule has 2 aromatic carbocycles. The van der Waals surface area contributed by atoms with E-state index in [4.69, 9.17) is 21.7 Å². The lowest BCUT2D eigenvalue weighted by atomic mass is 10.1. The number of benzene rings is 2. The number of carbonyl (C=O) groups excluding carboxylic acids is 2. The monoisotopic (exact) mass is 560 g/mol. The molecule has 37 heavy (non-hydrogen) atoms. The molecule has 0 unspecified atom stereocenters. The average Bonchev–Trinajstić information content (AvgIpc) is 3.28. The maximum atomic E-state index is 13.5. The number of rotatable bonds is 6. The molecule has 0 spiro atoms. The number of nitrogens with one attached hydrogen (secondary N) is 1. The van der Waals surface area contributed by atoms with Gasteiger partial charge >= 0.3 is 5.97 Å². The smallest absolute Gasteiger partial charge is 0.329 e. The zero-order valence-corrected chi connectivity index (χ0v) is 22.4. The molecule has 3 aromatic rings. The number of hydrogen-bond donors (Lipinski definition) is 1. The summed E-state index contributed by atoms with van der Waals surface area (Å²) in [6.07, 6.45) is 1.08. The van der Waals surface area contributed by atoms with Gasteiger partial charge in [0.1, 0.15) is 16.1 Å². The molecule has 1 N–H and O–H groups in total. The van der Waals surface area contributed by atoms with E-state index in [0.717, 1.165) is 51.7 Å². The van der Waals surface area contributed by atoms with E-state index in [1.54, 1.807) is 24.3 Å². The standard InChI is InChI=1S/C25H25ClN4O5S2/c1-35-25(32)20-14-29(37(33,34)23-11-18-7-8-19(26)12-21(18)36-23)15-22(31)30(20)13-16-3-5-17(6-4-16)24(27)28-9-2-10-28/h3-8,11-12,20,27H,2,9-10,13-15H2,1H3/t20-/m1/s1. The van der Waals surface area contributed by atoms with Gasteiger partial charge in [-0.2, -0.15) is 4.31 Å². The van der Waals surface area contributed by atoms with Crippen LogP contribution in [-0.2, 0) is 30.9 Å². The molecule has 1 amide bonds. The van der Waals surface area contributed by atoms with Crippen LogP contribution in [0.5, 0.6) is 0 Å². The van der Waals surface area contributed by atoms with Crippen molar-refractivity contribution in [3.63, 3.8) is 0 Å². The van der Waals surface area contributed by atoms with Crippen molar-refractivity contribution in [2.24, 2.45) is 0 Å². The summed E-state index contributed by atoms with van der Waals surface area (Å²) in [5.41, 5.74) is 1.54. The van der Waals surface area contributed by atoms with Gasteiger partial charge in [-0.15, -0.1) is 11.3 Å². The van der Waals surface area contributed by atoms with Crippen LogP contribution >= 0.6 is 22.9 Å². The van der Waals surface area contributed by atoms with E-state index in [1.165, 1.54) is 12.0 Å². The van der Waals surface area contributed by atoms with Crippen molar-refractivity contribution in [1.82, 2.24) is 14.1 Å². The van der Waals surface area contributed by atoms with Crippen molar-refractivity contribution in [1.29, 1.82) is 5.41 Å². The minimum absolute atomic E-state index is 0.0786. The lowest BCUT2D eigenvalue weighted by Crippen LogP contribution is -2.60. The molecule has 12 heteroatoms. The number of amides is 1. The summed E-state index contributed by atoms with van der Waals surface area (Å²) in [5, 5.41) is 9.51.